The van der Waals surface area contributed by atoms with Crippen LogP contribution in [-0.2, 0) is 0 Å². The number of nitrogens with zero attached hydrogens (tertiary/aromatic N) is 2. The lowest BCUT2D eigenvalue weighted by atomic mass is 10.4. The van der Waals surface area contributed by atoms with E-state index in [1.165, 1.54) is 12.8 Å². The monoisotopic (exact) mass is 207 g/mol. The second-order valence-corrected chi connectivity index (χ2v) is 3.92. The van der Waals surface area contributed by atoms with Crippen molar-refractivity contribution < 1.29 is 4.74 Å². The highest BCUT2D eigenvalue weighted by Crippen LogP contribution is 2.29. The smallest absolute Gasteiger partial charge is 0.218 e. The standard InChI is InChI=1S/C11H17N3O/c1-3-12-10-6-11(14-8(2)13-10)15-7-9-4-5-9/h6,9H,3-5,7H2,1-2H3,(H,12,13,14). The van der Waals surface area contributed by atoms with E-state index in [0.29, 0.717) is 5.88 Å². The molecule has 1 aliphatic carbocycles. The van der Waals surface area contributed by atoms with Gasteiger partial charge in [-0.15, -0.1) is 0 Å². The van der Waals surface area contributed by atoms with Crippen LogP contribution in [0.5, 0.6) is 5.88 Å². The van der Waals surface area contributed by atoms with Gasteiger partial charge in [-0.05, 0) is 32.6 Å². The van der Waals surface area contributed by atoms with Crippen molar-refractivity contribution in [2.45, 2.75) is 26.7 Å². The molecular weight excluding hydrogens is 190 g/mol. The van der Waals surface area contributed by atoms with Gasteiger partial charge in [0.1, 0.15) is 11.6 Å². The molecule has 1 saturated carbocycles. The maximum Gasteiger partial charge on any atom is 0.218 e. The molecule has 82 valence electrons. The van der Waals surface area contributed by atoms with Gasteiger partial charge < -0.3 is 10.1 Å². The molecule has 0 aliphatic heterocycles. The largest absolute Gasteiger partial charge is 0.477 e. The van der Waals surface area contributed by atoms with Crippen LogP contribution in [0.3, 0.4) is 0 Å². The van der Waals surface area contributed by atoms with Crippen LogP contribution in [0.1, 0.15) is 25.6 Å². The van der Waals surface area contributed by atoms with Gasteiger partial charge in [0.25, 0.3) is 0 Å². The van der Waals surface area contributed by atoms with Crippen molar-refractivity contribution in [3.05, 3.63) is 11.9 Å². The first-order valence-electron chi connectivity index (χ1n) is 5.50. The minimum absolute atomic E-state index is 0.686. The fourth-order valence-corrected chi connectivity index (χ4v) is 1.37. The molecule has 0 bridgehead atoms. The molecule has 0 amide bonds. The summed E-state index contributed by atoms with van der Waals surface area (Å²) in [6.45, 7) is 5.58. The average Bonchev–Trinajstić information content (AvgIpc) is 2.98. The number of aryl methyl sites for hydroxylation is 1. The number of anilines is 1. The summed E-state index contributed by atoms with van der Waals surface area (Å²) in [5.74, 6) is 3.03. The molecular formula is C11H17N3O. The van der Waals surface area contributed by atoms with Crippen molar-refractivity contribution in [1.82, 2.24) is 9.97 Å². The van der Waals surface area contributed by atoms with Gasteiger partial charge in [-0.25, -0.2) is 4.98 Å². The predicted molar refractivity (Wildman–Crippen MR) is 59.2 cm³/mol. The summed E-state index contributed by atoms with van der Waals surface area (Å²) in [4.78, 5) is 8.51. The molecule has 1 aromatic heterocycles. The number of nitrogens with one attached hydrogen (secondary N) is 1. The van der Waals surface area contributed by atoms with Crippen molar-refractivity contribution >= 4 is 5.82 Å². The topological polar surface area (TPSA) is 47.0 Å². The summed E-state index contributed by atoms with van der Waals surface area (Å²) in [5.41, 5.74) is 0. The van der Waals surface area contributed by atoms with E-state index < -0.39 is 0 Å². The molecule has 4 heteroatoms. The average molecular weight is 207 g/mol. The van der Waals surface area contributed by atoms with E-state index in [9.17, 15) is 0 Å². The Labute approximate surface area is 90.1 Å². The molecule has 1 heterocycles. The lowest BCUT2D eigenvalue weighted by Gasteiger charge is -2.07. The minimum atomic E-state index is 0.686. The normalized spacial score (nSPS) is 15.1. The Bertz CT molecular complexity index is 337. The number of ether oxygens (including phenoxy) is 1. The lowest BCUT2D eigenvalue weighted by molar-refractivity contribution is 0.287. The maximum atomic E-state index is 5.61. The summed E-state index contributed by atoms with van der Waals surface area (Å²) in [5, 5.41) is 3.16. The molecule has 4 nitrogen and oxygen atoms in total. The molecule has 0 spiro atoms. The van der Waals surface area contributed by atoms with Crippen LogP contribution >= 0.6 is 0 Å². The first-order chi connectivity index (χ1) is 7.28. The third-order valence-corrected chi connectivity index (χ3v) is 2.34. The third kappa shape index (κ3) is 3.08. The van der Waals surface area contributed by atoms with Gasteiger partial charge in [0.15, 0.2) is 0 Å². The summed E-state index contributed by atoms with van der Waals surface area (Å²) in [6, 6.07) is 1.86. The summed E-state index contributed by atoms with van der Waals surface area (Å²) >= 11 is 0. The van der Waals surface area contributed by atoms with Gasteiger partial charge in [-0.2, -0.15) is 4.98 Å². The fourth-order valence-electron chi connectivity index (χ4n) is 1.37. The minimum Gasteiger partial charge on any atom is -0.477 e. The highest BCUT2D eigenvalue weighted by molar-refractivity contribution is 5.38. The van der Waals surface area contributed by atoms with Gasteiger partial charge in [0.05, 0.1) is 6.61 Å². The predicted octanol–water partition coefficient (Wildman–Crippen LogP) is 2.01. The highest BCUT2D eigenvalue weighted by Gasteiger charge is 2.22. The van der Waals surface area contributed by atoms with Gasteiger partial charge in [-0.3, -0.25) is 0 Å². The number of hydrogen-bond donors (Lipinski definition) is 1. The number of aromatic nitrogens is 2. The Hall–Kier alpha value is -1.32. The van der Waals surface area contributed by atoms with E-state index in [-0.39, 0.29) is 0 Å². The number of rotatable bonds is 5. The van der Waals surface area contributed by atoms with Gasteiger partial charge >= 0.3 is 0 Å². The Balaban J connectivity index is 2.00. The van der Waals surface area contributed by atoms with Crippen LogP contribution in [0, 0.1) is 12.8 Å². The van der Waals surface area contributed by atoms with Crippen molar-refractivity contribution in [3.63, 3.8) is 0 Å². The van der Waals surface area contributed by atoms with E-state index >= 15 is 0 Å². The van der Waals surface area contributed by atoms with Crippen LogP contribution in [0.25, 0.3) is 0 Å². The van der Waals surface area contributed by atoms with E-state index in [2.05, 4.69) is 15.3 Å². The van der Waals surface area contributed by atoms with Gasteiger partial charge in [-0.1, -0.05) is 0 Å². The SMILES string of the molecule is CCNc1cc(OCC2CC2)nc(C)n1. The molecule has 1 fully saturated rings. The molecule has 0 aromatic carbocycles. The molecule has 0 unspecified atom stereocenters. The summed E-state index contributed by atoms with van der Waals surface area (Å²) < 4.78 is 5.61. The molecule has 15 heavy (non-hydrogen) atoms. The van der Waals surface area contributed by atoms with Crippen LogP contribution in [0.4, 0.5) is 5.82 Å². The third-order valence-electron chi connectivity index (χ3n) is 2.34. The zero-order valence-electron chi connectivity index (χ0n) is 9.29. The Morgan fingerprint density at radius 3 is 2.93 bits per heavy atom. The zero-order valence-corrected chi connectivity index (χ0v) is 9.29. The highest BCUT2D eigenvalue weighted by atomic mass is 16.5. The maximum absolute atomic E-state index is 5.61. The first kappa shape index (κ1) is 10.2. The van der Waals surface area contributed by atoms with Crippen LogP contribution in [-0.4, -0.2) is 23.1 Å². The summed E-state index contributed by atoms with van der Waals surface area (Å²) in [7, 11) is 0. The molecule has 2 rings (SSSR count). The van der Waals surface area contributed by atoms with Crippen LogP contribution in [0.15, 0.2) is 6.07 Å². The zero-order chi connectivity index (χ0) is 10.7. The van der Waals surface area contributed by atoms with Gasteiger partial charge in [0.2, 0.25) is 5.88 Å². The second-order valence-electron chi connectivity index (χ2n) is 3.92. The summed E-state index contributed by atoms with van der Waals surface area (Å²) in [6.07, 6.45) is 2.59. The van der Waals surface area contributed by atoms with E-state index in [0.717, 1.165) is 30.7 Å². The van der Waals surface area contributed by atoms with Gasteiger partial charge in [0, 0.05) is 12.6 Å². The fraction of sp³-hybridized carbons (Fsp3) is 0.636. The molecule has 1 N–H and O–H groups in total. The van der Waals surface area contributed by atoms with E-state index in [4.69, 9.17) is 4.74 Å². The Kier molecular flexibility index (Phi) is 3.04. The lowest BCUT2D eigenvalue weighted by Crippen LogP contribution is -2.05. The molecule has 0 atom stereocenters. The molecule has 0 saturated heterocycles. The van der Waals surface area contributed by atoms with Crippen molar-refractivity contribution in [1.29, 1.82) is 0 Å². The Morgan fingerprint density at radius 2 is 2.27 bits per heavy atom. The molecule has 1 aromatic rings. The number of hydrogen-bond acceptors (Lipinski definition) is 4. The Morgan fingerprint density at radius 1 is 1.47 bits per heavy atom. The quantitative estimate of drug-likeness (QED) is 0.802. The second kappa shape index (κ2) is 4.47. The van der Waals surface area contributed by atoms with Crippen molar-refractivity contribution in [2.24, 2.45) is 5.92 Å². The van der Waals surface area contributed by atoms with Crippen LogP contribution < -0.4 is 10.1 Å². The van der Waals surface area contributed by atoms with E-state index in [1.807, 2.05) is 19.9 Å². The molecule has 0 radical (unpaired) electrons. The van der Waals surface area contributed by atoms with Crippen molar-refractivity contribution in [2.75, 3.05) is 18.5 Å². The van der Waals surface area contributed by atoms with Crippen molar-refractivity contribution in [3.8, 4) is 5.88 Å². The van der Waals surface area contributed by atoms with Crippen LogP contribution in [0.2, 0.25) is 0 Å². The first-order valence-corrected chi connectivity index (χ1v) is 5.50. The molecule has 1 aliphatic rings. The van der Waals surface area contributed by atoms with E-state index in [1.54, 1.807) is 0 Å².